The van der Waals surface area contributed by atoms with Crippen LogP contribution in [-0.4, -0.2) is 76.3 Å². The van der Waals surface area contributed by atoms with Crippen LogP contribution in [0.1, 0.15) is 29.9 Å². The minimum absolute atomic E-state index is 0.0165. The van der Waals surface area contributed by atoms with Crippen LogP contribution in [0.3, 0.4) is 0 Å². The molecule has 2 N–H and O–H groups in total. The lowest BCUT2D eigenvalue weighted by atomic mass is 9.70. The molecule has 234 valence electrons. The van der Waals surface area contributed by atoms with Crippen LogP contribution >= 0.6 is 46.4 Å². The number of amides is 2. The topological polar surface area (TPSA) is 126 Å². The molecule has 0 heterocycles. The molecular weight excluding hydrogens is 680 g/mol. The highest BCUT2D eigenvalue weighted by atomic mass is 35.5. The number of alkyl halides is 6. The maximum atomic E-state index is 14.7. The molecule has 0 aliphatic heterocycles. The van der Waals surface area contributed by atoms with Gasteiger partial charge in [-0.2, -0.15) is 0 Å². The Bertz CT molecular complexity index is 1330. The first-order valence-corrected chi connectivity index (χ1v) is 17.8. The van der Waals surface area contributed by atoms with E-state index >= 15 is 0 Å². The third-order valence-corrected chi connectivity index (χ3v) is 9.82. The van der Waals surface area contributed by atoms with Crippen LogP contribution in [0.4, 0.5) is 8.78 Å². The molecule has 42 heavy (non-hydrogen) atoms. The van der Waals surface area contributed by atoms with Crippen molar-refractivity contribution in [1.82, 2.24) is 10.6 Å². The van der Waals surface area contributed by atoms with Crippen molar-refractivity contribution in [2.24, 2.45) is 5.92 Å². The van der Waals surface area contributed by atoms with Crippen LogP contribution < -0.4 is 10.6 Å². The van der Waals surface area contributed by atoms with E-state index in [-0.39, 0.29) is 9.79 Å². The molecule has 0 saturated carbocycles. The molecule has 2 aromatic carbocycles. The smallest absolute Gasteiger partial charge is 0.253 e. The first kappa shape index (κ1) is 36.5. The Balaban J connectivity index is 2.78. The van der Waals surface area contributed by atoms with Crippen LogP contribution in [0, 0.1) is 5.92 Å². The fourth-order valence-electron chi connectivity index (χ4n) is 4.84. The number of hydrogen-bond donors (Lipinski definition) is 2. The number of carbonyl (C=O) groups excluding carboxylic acids is 2. The number of carbonyl (C=O) groups is 2. The summed E-state index contributed by atoms with van der Waals surface area (Å²) >= 11 is 22.8. The van der Waals surface area contributed by atoms with Gasteiger partial charge in [0.2, 0.25) is 0 Å². The minimum atomic E-state index is -3.59. The van der Waals surface area contributed by atoms with Gasteiger partial charge in [-0.3, -0.25) is 9.59 Å². The van der Waals surface area contributed by atoms with Gasteiger partial charge in [0.15, 0.2) is 29.3 Å². The number of benzene rings is 2. The van der Waals surface area contributed by atoms with Gasteiger partial charge in [-0.05, 0) is 41.3 Å². The second-order valence-corrected chi connectivity index (χ2v) is 16.0. The first-order chi connectivity index (χ1) is 19.4. The molecule has 0 bridgehead atoms. The summed E-state index contributed by atoms with van der Waals surface area (Å²) < 4.78 is 77.5. The quantitative estimate of drug-likeness (QED) is 0.278. The van der Waals surface area contributed by atoms with Crippen molar-refractivity contribution in [2.75, 3.05) is 25.9 Å². The SMILES string of the molecule is CC([C@H](c1ccc(S(C)(=O)=O)cc1)[C@@H](CF)NC(=O)C(Cl)Cl)[C@H](c1ccc(S(C)(=O)=O)cc1)[C@@H](CF)NC(=O)C(Cl)Cl. The number of hydrogen-bond acceptors (Lipinski definition) is 6. The number of sulfone groups is 2. The van der Waals surface area contributed by atoms with E-state index < -0.39 is 84.3 Å². The molecule has 0 radical (unpaired) electrons. The molecule has 0 spiro atoms. The van der Waals surface area contributed by atoms with Gasteiger partial charge in [0.1, 0.15) is 13.3 Å². The average Bonchev–Trinajstić information content (AvgIpc) is 2.91. The third kappa shape index (κ3) is 9.65. The lowest BCUT2D eigenvalue weighted by Crippen LogP contribution is -2.49. The molecule has 4 atom stereocenters. The predicted molar refractivity (Wildman–Crippen MR) is 161 cm³/mol. The molecule has 0 fully saturated rings. The van der Waals surface area contributed by atoms with Crippen molar-refractivity contribution in [3.05, 3.63) is 59.7 Å². The Labute approximate surface area is 264 Å². The Morgan fingerprint density at radius 3 is 1.17 bits per heavy atom. The molecule has 0 aromatic heterocycles. The van der Waals surface area contributed by atoms with Crippen molar-refractivity contribution in [1.29, 1.82) is 0 Å². The molecule has 2 amide bonds. The van der Waals surface area contributed by atoms with Gasteiger partial charge >= 0.3 is 0 Å². The Morgan fingerprint density at radius 2 is 0.952 bits per heavy atom. The molecule has 16 heteroatoms. The summed E-state index contributed by atoms with van der Waals surface area (Å²) in [5.41, 5.74) is 0.737. The number of halogens is 6. The van der Waals surface area contributed by atoms with Crippen molar-refractivity contribution >= 4 is 77.9 Å². The zero-order chi connectivity index (χ0) is 32.0. The lowest BCUT2D eigenvalue weighted by molar-refractivity contribution is -0.121. The van der Waals surface area contributed by atoms with E-state index in [1.54, 1.807) is 6.92 Å². The summed E-state index contributed by atoms with van der Waals surface area (Å²) in [6.45, 7) is -0.647. The van der Waals surface area contributed by atoms with Crippen LogP contribution in [0.15, 0.2) is 58.3 Å². The summed E-state index contributed by atoms with van der Waals surface area (Å²) in [6, 6.07) is 8.40. The Morgan fingerprint density at radius 1 is 0.667 bits per heavy atom. The normalized spacial score (nSPS) is 15.3. The number of rotatable bonds is 14. The van der Waals surface area contributed by atoms with Gasteiger partial charge in [0, 0.05) is 24.3 Å². The second kappa shape index (κ2) is 15.3. The van der Waals surface area contributed by atoms with Crippen LogP contribution in [-0.2, 0) is 29.3 Å². The molecular formula is C26H30Cl4F2N2O6S2. The number of nitrogens with one attached hydrogen (secondary N) is 2. The fourth-order valence-corrected chi connectivity index (χ4v) is 6.36. The molecule has 0 aliphatic carbocycles. The minimum Gasteiger partial charge on any atom is -0.348 e. The highest BCUT2D eigenvalue weighted by Gasteiger charge is 2.40. The van der Waals surface area contributed by atoms with E-state index in [1.165, 1.54) is 48.5 Å². The van der Waals surface area contributed by atoms with Crippen LogP contribution in [0.5, 0.6) is 0 Å². The third-order valence-electron chi connectivity index (χ3n) is 6.77. The maximum Gasteiger partial charge on any atom is 0.253 e. The predicted octanol–water partition coefficient (Wildman–Crippen LogP) is 4.51. The fraction of sp³-hybridized carbons (Fsp3) is 0.462. The zero-order valence-electron chi connectivity index (χ0n) is 22.6. The zero-order valence-corrected chi connectivity index (χ0v) is 27.3. The van der Waals surface area contributed by atoms with Gasteiger partial charge in [-0.25, -0.2) is 25.6 Å². The lowest BCUT2D eigenvalue weighted by Gasteiger charge is -2.39. The summed E-state index contributed by atoms with van der Waals surface area (Å²) in [7, 11) is -7.17. The molecule has 0 aliphatic rings. The molecule has 0 saturated heterocycles. The largest absolute Gasteiger partial charge is 0.348 e. The van der Waals surface area contributed by atoms with Crippen molar-refractivity contribution in [3.8, 4) is 0 Å². The monoisotopic (exact) mass is 708 g/mol. The standard InChI is InChI=1S/C26H30Cl4F2N2O6S2/c1-14(21(19(12-31)33-25(35)23(27)28)15-4-8-17(9-5-15)41(2,37)38)22(20(13-32)34-26(36)24(29)30)16-6-10-18(11-7-16)42(3,39)40/h4-11,14,19-24H,12-13H2,1-3H3,(H,33,35)(H,34,36)/t19-,20-,21-,22-/m1/s1. The van der Waals surface area contributed by atoms with Gasteiger partial charge in [-0.15, -0.1) is 0 Å². The molecule has 2 rings (SSSR count). The van der Waals surface area contributed by atoms with E-state index in [1.807, 2.05) is 0 Å². The summed E-state index contributed by atoms with van der Waals surface area (Å²) in [6.07, 6.45) is 2.03. The summed E-state index contributed by atoms with van der Waals surface area (Å²) in [4.78, 5) is 21.7. The van der Waals surface area contributed by atoms with Gasteiger partial charge < -0.3 is 10.6 Å². The van der Waals surface area contributed by atoms with Gasteiger partial charge in [0.25, 0.3) is 11.8 Å². The van der Waals surface area contributed by atoms with E-state index in [0.717, 1.165) is 12.5 Å². The van der Waals surface area contributed by atoms with E-state index in [4.69, 9.17) is 46.4 Å². The van der Waals surface area contributed by atoms with Crippen molar-refractivity contribution < 1.29 is 35.2 Å². The first-order valence-electron chi connectivity index (χ1n) is 12.3. The van der Waals surface area contributed by atoms with Crippen molar-refractivity contribution in [2.45, 2.75) is 50.3 Å². The van der Waals surface area contributed by atoms with E-state index in [9.17, 15) is 35.2 Å². The second-order valence-electron chi connectivity index (χ2n) is 9.73. The van der Waals surface area contributed by atoms with Crippen molar-refractivity contribution in [3.63, 3.8) is 0 Å². The molecule has 2 aromatic rings. The van der Waals surface area contributed by atoms with Crippen LogP contribution in [0.2, 0.25) is 0 Å². The maximum absolute atomic E-state index is 14.7. The average molecular weight is 710 g/mol. The Kier molecular flexibility index (Phi) is 13.3. The van der Waals surface area contributed by atoms with E-state index in [2.05, 4.69) is 10.6 Å². The Hall–Kier alpha value is -1.70. The highest BCUT2D eigenvalue weighted by molar-refractivity contribution is 7.91. The van der Waals surface area contributed by atoms with Crippen LogP contribution in [0.25, 0.3) is 0 Å². The highest BCUT2D eigenvalue weighted by Crippen LogP contribution is 2.41. The van der Waals surface area contributed by atoms with Gasteiger partial charge in [0.05, 0.1) is 21.9 Å². The van der Waals surface area contributed by atoms with Gasteiger partial charge in [-0.1, -0.05) is 77.6 Å². The molecule has 8 nitrogen and oxygen atoms in total. The summed E-state index contributed by atoms with van der Waals surface area (Å²) in [5.74, 6) is -4.58. The molecule has 0 unspecified atom stereocenters. The summed E-state index contributed by atoms with van der Waals surface area (Å²) in [5, 5.41) is 4.89. The van der Waals surface area contributed by atoms with E-state index in [0.29, 0.717) is 11.1 Å².